The van der Waals surface area contributed by atoms with Crippen LogP contribution in [0.25, 0.3) is 0 Å². The summed E-state index contributed by atoms with van der Waals surface area (Å²) in [5.74, 6) is -0.0743. The van der Waals surface area contributed by atoms with Crippen LogP contribution in [-0.4, -0.2) is 34.4 Å². The van der Waals surface area contributed by atoms with Gasteiger partial charge in [-0.15, -0.1) is 0 Å². The highest BCUT2D eigenvalue weighted by Crippen LogP contribution is 2.25. The van der Waals surface area contributed by atoms with Crippen LogP contribution < -0.4 is 5.32 Å². The smallest absolute Gasteiger partial charge is 0.268 e. The Kier molecular flexibility index (Phi) is 4.83. The number of aryl methyl sites for hydroxylation is 1. The molecule has 21 heavy (non-hydrogen) atoms. The van der Waals surface area contributed by atoms with Gasteiger partial charge >= 0.3 is 0 Å². The van der Waals surface area contributed by atoms with Crippen LogP contribution in [-0.2, 0) is 6.42 Å². The molecule has 0 aromatic carbocycles. The molecule has 116 valence electrons. The van der Waals surface area contributed by atoms with Gasteiger partial charge in [0.1, 0.15) is 5.69 Å². The lowest BCUT2D eigenvalue weighted by Crippen LogP contribution is -2.33. The Morgan fingerprint density at radius 2 is 2.10 bits per heavy atom. The third kappa shape index (κ3) is 3.18. The first kappa shape index (κ1) is 15.8. The number of aromatic nitrogens is 1. The zero-order valence-corrected chi connectivity index (χ0v) is 13.0. The van der Waals surface area contributed by atoms with Crippen LogP contribution in [0.1, 0.15) is 65.2 Å². The minimum atomic E-state index is -0.311. The lowest BCUT2D eigenvalue weighted by Gasteiger charge is -2.15. The van der Waals surface area contributed by atoms with Crippen molar-refractivity contribution in [3.8, 4) is 0 Å². The second-order valence-electron chi connectivity index (χ2n) is 5.86. The Balaban J connectivity index is 2.12. The third-order valence-electron chi connectivity index (χ3n) is 4.37. The molecular formula is C16H24N2O3. The largest absolute Gasteiger partial charge is 0.393 e. The average Bonchev–Trinajstić information content (AvgIpc) is 2.99. The number of H-pyrrole nitrogens is 1. The zero-order valence-electron chi connectivity index (χ0n) is 13.0. The van der Waals surface area contributed by atoms with Crippen LogP contribution in [0, 0.1) is 12.8 Å². The number of aliphatic hydroxyl groups excluding tert-OH is 1. The highest BCUT2D eigenvalue weighted by molar-refractivity contribution is 6.02. The van der Waals surface area contributed by atoms with Crippen molar-refractivity contribution < 1.29 is 14.7 Å². The van der Waals surface area contributed by atoms with Crippen molar-refractivity contribution in [3.05, 3.63) is 22.5 Å². The van der Waals surface area contributed by atoms with Crippen LogP contribution >= 0.6 is 0 Å². The van der Waals surface area contributed by atoms with Gasteiger partial charge < -0.3 is 15.4 Å². The quantitative estimate of drug-likeness (QED) is 0.726. The lowest BCUT2D eigenvalue weighted by molar-refractivity contribution is 0.0911. The predicted molar refractivity (Wildman–Crippen MR) is 80.6 cm³/mol. The summed E-state index contributed by atoms with van der Waals surface area (Å²) in [6, 6.07) is 0. The molecule has 3 N–H and O–H groups in total. The van der Waals surface area contributed by atoms with Gasteiger partial charge in [0.2, 0.25) is 0 Å². The van der Waals surface area contributed by atoms with Crippen molar-refractivity contribution >= 4 is 11.7 Å². The molecule has 1 aromatic heterocycles. The van der Waals surface area contributed by atoms with Crippen molar-refractivity contribution in [1.82, 2.24) is 10.3 Å². The van der Waals surface area contributed by atoms with Gasteiger partial charge in [0.05, 0.1) is 6.10 Å². The van der Waals surface area contributed by atoms with Gasteiger partial charge in [-0.3, -0.25) is 9.59 Å². The normalized spacial score (nSPS) is 21.5. The fraction of sp³-hybridized carbons (Fsp3) is 0.625. The molecule has 0 unspecified atom stereocenters. The maximum Gasteiger partial charge on any atom is 0.268 e. The number of nitrogens with one attached hydrogen (secondary N) is 2. The number of ketones is 1. The minimum absolute atomic E-state index is 0.0223. The van der Waals surface area contributed by atoms with E-state index in [9.17, 15) is 14.7 Å². The van der Waals surface area contributed by atoms with E-state index in [4.69, 9.17) is 0 Å². The fourth-order valence-electron chi connectivity index (χ4n) is 3.27. The summed E-state index contributed by atoms with van der Waals surface area (Å²) in [5.41, 5.74) is 2.63. The Labute approximate surface area is 125 Å². The summed E-state index contributed by atoms with van der Waals surface area (Å²) in [7, 11) is 0. The van der Waals surface area contributed by atoms with E-state index >= 15 is 0 Å². The molecule has 2 rings (SSSR count). The fourth-order valence-corrected chi connectivity index (χ4v) is 3.27. The molecular weight excluding hydrogens is 268 g/mol. The van der Waals surface area contributed by atoms with E-state index in [-0.39, 0.29) is 23.7 Å². The number of aliphatic hydroxyl groups is 1. The van der Waals surface area contributed by atoms with Crippen LogP contribution in [0.3, 0.4) is 0 Å². The van der Waals surface area contributed by atoms with Crippen molar-refractivity contribution in [2.24, 2.45) is 5.92 Å². The molecule has 1 saturated carbocycles. The summed E-state index contributed by atoms with van der Waals surface area (Å²) in [5, 5.41) is 12.7. The van der Waals surface area contributed by atoms with Crippen molar-refractivity contribution in [2.45, 2.75) is 52.6 Å². The molecule has 1 heterocycles. The van der Waals surface area contributed by atoms with E-state index in [1.54, 1.807) is 0 Å². The summed E-state index contributed by atoms with van der Waals surface area (Å²) >= 11 is 0. The number of Topliss-reactive ketones (excluding diaryl/α,β-unsaturated/α-hetero) is 1. The van der Waals surface area contributed by atoms with E-state index < -0.39 is 0 Å². The van der Waals surface area contributed by atoms with Crippen LogP contribution in [0.4, 0.5) is 0 Å². The first-order valence-corrected chi connectivity index (χ1v) is 7.64. The summed E-state index contributed by atoms with van der Waals surface area (Å²) in [6.45, 7) is 5.75. The number of carbonyl (C=O) groups is 2. The van der Waals surface area contributed by atoms with Gasteiger partial charge in [-0.1, -0.05) is 13.3 Å². The van der Waals surface area contributed by atoms with Gasteiger partial charge in [0.15, 0.2) is 5.78 Å². The third-order valence-corrected chi connectivity index (χ3v) is 4.37. The van der Waals surface area contributed by atoms with E-state index in [2.05, 4.69) is 10.3 Å². The number of aromatic amines is 1. The van der Waals surface area contributed by atoms with E-state index in [0.29, 0.717) is 24.2 Å². The van der Waals surface area contributed by atoms with Crippen LogP contribution in [0.15, 0.2) is 0 Å². The Morgan fingerprint density at radius 1 is 1.38 bits per heavy atom. The Hall–Kier alpha value is -1.62. The molecule has 0 saturated heterocycles. The van der Waals surface area contributed by atoms with Crippen molar-refractivity contribution in [3.63, 3.8) is 0 Å². The second kappa shape index (κ2) is 6.43. The second-order valence-corrected chi connectivity index (χ2v) is 5.86. The number of rotatable bonds is 5. The topological polar surface area (TPSA) is 82.2 Å². The van der Waals surface area contributed by atoms with Crippen molar-refractivity contribution in [2.75, 3.05) is 6.54 Å². The van der Waals surface area contributed by atoms with Crippen molar-refractivity contribution in [1.29, 1.82) is 0 Å². The summed E-state index contributed by atoms with van der Waals surface area (Å²) < 4.78 is 0. The molecule has 1 aliphatic carbocycles. The molecule has 1 fully saturated rings. The number of carbonyl (C=O) groups excluding carboxylic acids is 2. The zero-order chi connectivity index (χ0) is 15.6. The highest BCUT2D eigenvalue weighted by Gasteiger charge is 2.27. The van der Waals surface area contributed by atoms with Crippen LogP contribution in [0.2, 0.25) is 0 Å². The highest BCUT2D eigenvalue weighted by atomic mass is 16.3. The van der Waals surface area contributed by atoms with E-state index in [0.717, 1.165) is 30.5 Å². The molecule has 5 heteroatoms. The number of hydrogen-bond donors (Lipinski definition) is 3. The predicted octanol–water partition coefficient (Wildman–Crippen LogP) is 1.98. The van der Waals surface area contributed by atoms with Crippen LogP contribution in [0.5, 0.6) is 0 Å². The molecule has 0 aliphatic heterocycles. The Bertz CT molecular complexity index is 548. The maximum absolute atomic E-state index is 12.3. The maximum atomic E-state index is 12.3. The van der Waals surface area contributed by atoms with Gasteiger partial charge in [-0.2, -0.15) is 0 Å². The molecule has 0 radical (unpaired) electrons. The molecule has 0 spiro atoms. The molecule has 5 nitrogen and oxygen atoms in total. The first-order valence-electron chi connectivity index (χ1n) is 7.64. The first-order chi connectivity index (χ1) is 9.95. The average molecular weight is 292 g/mol. The summed E-state index contributed by atoms with van der Waals surface area (Å²) in [4.78, 5) is 27.1. The van der Waals surface area contributed by atoms with Gasteiger partial charge in [0, 0.05) is 23.7 Å². The monoisotopic (exact) mass is 292 g/mol. The molecule has 1 aromatic rings. The standard InChI is InChI=1S/C16H24N2O3/c1-4-12-14(10(3)19)9(2)18-15(12)16(21)17-8-11-6-5-7-13(11)20/h11,13,18,20H,4-8H2,1-3H3,(H,17,21)/t11-,13+/m0/s1. The number of hydrogen-bond acceptors (Lipinski definition) is 3. The molecule has 2 atom stereocenters. The SMILES string of the molecule is CCc1c(C(=O)NC[C@@H]2CCC[C@H]2O)[nH]c(C)c1C(C)=O. The van der Waals surface area contributed by atoms with Gasteiger partial charge in [-0.25, -0.2) is 0 Å². The van der Waals surface area contributed by atoms with Gasteiger partial charge in [0.25, 0.3) is 5.91 Å². The molecule has 1 amide bonds. The molecule has 1 aliphatic rings. The molecule has 0 bridgehead atoms. The number of amides is 1. The van der Waals surface area contributed by atoms with Gasteiger partial charge in [-0.05, 0) is 38.7 Å². The minimum Gasteiger partial charge on any atom is -0.393 e. The lowest BCUT2D eigenvalue weighted by atomic mass is 10.0. The summed E-state index contributed by atoms with van der Waals surface area (Å²) in [6.07, 6.45) is 3.10. The Morgan fingerprint density at radius 3 is 2.62 bits per heavy atom. The van der Waals surface area contributed by atoms with E-state index in [1.807, 2.05) is 13.8 Å². The van der Waals surface area contributed by atoms with E-state index in [1.165, 1.54) is 6.92 Å².